The van der Waals surface area contributed by atoms with Crippen LogP contribution in [0.2, 0.25) is 0 Å². The van der Waals surface area contributed by atoms with Crippen LogP contribution in [0, 0.1) is 23.7 Å². The number of nitrogens with zero attached hydrogens (tertiary/aromatic N) is 2. The number of hydrogen-bond acceptors (Lipinski definition) is 5. The van der Waals surface area contributed by atoms with E-state index in [9.17, 15) is 19.2 Å². The van der Waals surface area contributed by atoms with Crippen molar-refractivity contribution in [2.24, 2.45) is 23.7 Å². The van der Waals surface area contributed by atoms with Gasteiger partial charge in [0.05, 0.1) is 23.4 Å². The third kappa shape index (κ3) is 4.16. The lowest BCUT2D eigenvalue weighted by atomic mass is 9.78. The van der Waals surface area contributed by atoms with E-state index in [0.29, 0.717) is 17.9 Å². The predicted octanol–water partition coefficient (Wildman–Crippen LogP) is 3.91. The van der Waals surface area contributed by atoms with Crippen LogP contribution < -0.4 is 14.5 Å². The van der Waals surface area contributed by atoms with Gasteiger partial charge in [-0.3, -0.25) is 24.1 Å². The maximum absolute atomic E-state index is 13.0. The average molecular weight is 473 g/mol. The third-order valence-electron chi connectivity index (χ3n) is 7.30. The van der Waals surface area contributed by atoms with Crippen LogP contribution in [0.3, 0.4) is 0 Å². The van der Waals surface area contributed by atoms with Gasteiger partial charge in [-0.2, -0.15) is 0 Å². The van der Waals surface area contributed by atoms with Crippen molar-refractivity contribution in [3.8, 4) is 5.75 Å². The number of carbonyl (C=O) groups is 4. The molecule has 4 atom stereocenters. The number of imide groups is 1. The van der Waals surface area contributed by atoms with Gasteiger partial charge in [0.25, 0.3) is 0 Å². The predicted molar refractivity (Wildman–Crippen MR) is 131 cm³/mol. The molecule has 3 amide bonds. The standard InChI is InChI=1S/C28H28N2O5/c1-3-18-7-9-20(10-8-18)29-16-19(15-24(29)31)28(34)35-22-13-11-21(12-14-22)30-26(32)23-6-4-5-17(2)25(23)27(30)33/h4-5,7-14,17,19,23,25H,3,6,15-16H2,1-2H3/t17-,19-,23-,25+/m1/s1. The number of hydrogen-bond donors (Lipinski definition) is 0. The number of benzene rings is 2. The first-order valence-corrected chi connectivity index (χ1v) is 12.1. The summed E-state index contributed by atoms with van der Waals surface area (Å²) < 4.78 is 5.53. The van der Waals surface area contributed by atoms with Gasteiger partial charge in [0, 0.05) is 18.7 Å². The van der Waals surface area contributed by atoms with Crippen LogP contribution in [-0.2, 0) is 25.6 Å². The molecule has 2 aromatic carbocycles. The summed E-state index contributed by atoms with van der Waals surface area (Å²) in [7, 11) is 0. The number of rotatable bonds is 5. The SMILES string of the molecule is CCc1ccc(N2C[C@H](C(=O)Oc3ccc(N4C(=O)[C@H]5[C@H](C)C=CC[C@H]5C4=O)cc3)CC2=O)cc1. The van der Waals surface area contributed by atoms with Gasteiger partial charge >= 0.3 is 5.97 Å². The summed E-state index contributed by atoms with van der Waals surface area (Å²) in [4.78, 5) is 54.0. The highest BCUT2D eigenvalue weighted by molar-refractivity contribution is 6.22. The number of fused-ring (bicyclic) bond motifs is 1. The van der Waals surface area contributed by atoms with Crippen molar-refractivity contribution < 1.29 is 23.9 Å². The quantitative estimate of drug-likeness (QED) is 0.285. The first-order chi connectivity index (χ1) is 16.9. The molecule has 2 fully saturated rings. The number of ether oxygens (including phenoxy) is 1. The maximum Gasteiger partial charge on any atom is 0.316 e. The van der Waals surface area contributed by atoms with Crippen molar-refractivity contribution in [3.63, 3.8) is 0 Å². The highest BCUT2D eigenvalue weighted by atomic mass is 16.5. The number of aryl methyl sites for hydroxylation is 1. The summed E-state index contributed by atoms with van der Waals surface area (Å²) in [6.07, 6.45) is 5.55. The minimum absolute atomic E-state index is 0.0219. The molecule has 7 nitrogen and oxygen atoms in total. The first-order valence-electron chi connectivity index (χ1n) is 12.1. The van der Waals surface area contributed by atoms with Gasteiger partial charge in [-0.15, -0.1) is 0 Å². The molecule has 2 heterocycles. The summed E-state index contributed by atoms with van der Waals surface area (Å²) >= 11 is 0. The van der Waals surface area contributed by atoms with E-state index in [2.05, 4.69) is 6.92 Å². The summed E-state index contributed by atoms with van der Waals surface area (Å²) in [5.74, 6) is -1.83. The molecule has 180 valence electrons. The number of esters is 1. The van der Waals surface area contributed by atoms with E-state index in [1.165, 1.54) is 10.5 Å². The molecule has 3 aliphatic rings. The average Bonchev–Trinajstić information content (AvgIpc) is 3.38. The van der Waals surface area contributed by atoms with Crippen molar-refractivity contribution in [1.82, 2.24) is 0 Å². The summed E-state index contributed by atoms with van der Waals surface area (Å²) in [5.41, 5.74) is 2.43. The van der Waals surface area contributed by atoms with Gasteiger partial charge in [-0.1, -0.05) is 38.1 Å². The summed E-state index contributed by atoms with van der Waals surface area (Å²) in [6.45, 7) is 4.30. The number of allylic oxidation sites excluding steroid dienone is 2. The fraction of sp³-hybridized carbons (Fsp3) is 0.357. The molecule has 0 unspecified atom stereocenters. The second-order valence-electron chi connectivity index (χ2n) is 9.51. The molecule has 0 aromatic heterocycles. The van der Waals surface area contributed by atoms with Crippen molar-refractivity contribution >= 4 is 35.1 Å². The number of carbonyl (C=O) groups excluding carboxylic acids is 4. The highest BCUT2D eigenvalue weighted by Crippen LogP contribution is 2.40. The normalized spacial score (nSPS) is 25.8. The zero-order chi connectivity index (χ0) is 24.7. The molecule has 1 aliphatic carbocycles. The van der Waals surface area contributed by atoms with E-state index in [1.54, 1.807) is 29.2 Å². The molecule has 0 N–H and O–H groups in total. The highest BCUT2D eigenvalue weighted by Gasteiger charge is 2.50. The molecule has 0 bridgehead atoms. The van der Waals surface area contributed by atoms with Crippen LogP contribution in [0.25, 0.3) is 0 Å². The molecule has 0 radical (unpaired) electrons. The molecular formula is C28H28N2O5. The Balaban J connectivity index is 1.24. The van der Waals surface area contributed by atoms with Gasteiger partial charge in [0.15, 0.2) is 0 Å². The molecule has 2 aromatic rings. The van der Waals surface area contributed by atoms with E-state index >= 15 is 0 Å². The van der Waals surface area contributed by atoms with Gasteiger partial charge in [0.2, 0.25) is 17.7 Å². The first kappa shape index (κ1) is 23.0. The smallest absolute Gasteiger partial charge is 0.316 e. The van der Waals surface area contributed by atoms with Crippen molar-refractivity contribution in [3.05, 3.63) is 66.2 Å². The largest absolute Gasteiger partial charge is 0.426 e. The molecular weight excluding hydrogens is 444 g/mol. The summed E-state index contributed by atoms with van der Waals surface area (Å²) in [6, 6.07) is 14.2. The van der Waals surface area contributed by atoms with E-state index < -0.39 is 11.9 Å². The minimum atomic E-state index is -0.563. The van der Waals surface area contributed by atoms with Crippen LogP contribution in [0.4, 0.5) is 11.4 Å². The van der Waals surface area contributed by atoms with Crippen LogP contribution >= 0.6 is 0 Å². The van der Waals surface area contributed by atoms with E-state index in [-0.39, 0.29) is 48.4 Å². The second kappa shape index (κ2) is 9.13. The van der Waals surface area contributed by atoms with Crippen molar-refractivity contribution in [2.45, 2.75) is 33.1 Å². The van der Waals surface area contributed by atoms with Crippen LogP contribution in [0.15, 0.2) is 60.7 Å². The maximum atomic E-state index is 13.0. The lowest BCUT2D eigenvalue weighted by Gasteiger charge is -2.22. The van der Waals surface area contributed by atoms with Gasteiger partial charge in [-0.05, 0) is 60.7 Å². The topological polar surface area (TPSA) is 84.0 Å². The Bertz CT molecular complexity index is 1200. The Hall–Kier alpha value is -3.74. The minimum Gasteiger partial charge on any atom is -0.426 e. The number of anilines is 2. The van der Waals surface area contributed by atoms with Crippen LogP contribution in [0.1, 0.15) is 32.3 Å². The van der Waals surface area contributed by atoms with Crippen molar-refractivity contribution in [2.75, 3.05) is 16.3 Å². The lowest BCUT2D eigenvalue weighted by Crippen LogP contribution is -2.31. The van der Waals surface area contributed by atoms with E-state index in [0.717, 1.165) is 12.1 Å². The fourth-order valence-electron chi connectivity index (χ4n) is 5.29. The van der Waals surface area contributed by atoms with E-state index in [4.69, 9.17) is 4.74 Å². The number of amides is 3. The molecule has 2 aliphatic heterocycles. The molecule has 7 heteroatoms. The Labute approximate surface area is 204 Å². The molecule has 2 saturated heterocycles. The van der Waals surface area contributed by atoms with Crippen LogP contribution in [0.5, 0.6) is 5.75 Å². The fourth-order valence-corrected chi connectivity index (χ4v) is 5.29. The second-order valence-corrected chi connectivity index (χ2v) is 9.51. The zero-order valence-electron chi connectivity index (χ0n) is 19.8. The Kier molecular flexibility index (Phi) is 6.01. The van der Waals surface area contributed by atoms with Crippen LogP contribution in [-0.4, -0.2) is 30.2 Å². The van der Waals surface area contributed by atoms with Crippen molar-refractivity contribution in [1.29, 1.82) is 0 Å². The van der Waals surface area contributed by atoms with Gasteiger partial charge in [-0.25, -0.2) is 0 Å². The van der Waals surface area contributed by atoms with E-state index in [1.807, 2.05) is 43.3 Å². The summed E-state index contributed by atoms with van der Waals surface area (Å²) in [5, 5.41) is 0. The monoisotopic (exact) mass is 472 g/mol. The van der Waals surface area contributed by atoms with Gasteiger partial charge < -0.3 is 9.64 Å². The molecule has 0 spiro atoms. The zero-order valence-corrected chi connectivity index (χ0v) is 19.8. The molecule has 0 saturated carbocycles. The Morgan fingerprint density at radius 1 is 0.971 bits per heavy atom. The molecule has 5 rings (SSSR count). The Morgan fingerprint density at radius 3 is 2.31 bits per heavy atom. The lowest BCUT2D eigenvalue weighted by molar-refractivity contribution is -0.139. The Morgan fingerprint density at radius 2 is 1.66 bits per heavy atom. The van der Waals surface area contributed by atoms with Gasteiger partial charge in [0.1, 0.15) is 5.75 Å². The third-order valence-corrected chi connectivity index (χ3v) is 7.30. The molecule has 35 heavy (non-hydrogen) atoms.